The zero-order chi connectivity index (χ0) is 19.2. The fraction of sp³-hybridized carbons (Fsp3) is 0.136. The largest absolute Gasteiger partial charge is 0.355 e. The summed E-state index contributed by atoms with van der Waals surface area (Å²) in [5, 5.41) is 6.07. The molecule has 0 atom stereocenters. The summed E-state index contributed by atoms with van der Waals surface area (Å²) in [7, 11) is 0. The first-order chi connectivity index (χ1) is 13.0. The number of carbonyl (C=O) groups excluding carboxylic acids is 2. The molecule has 0 aliphatic rings. The maximum Gasteiger partial charge on any atom is 0.274 e. The first-order valence-corrected chi connectivity index (χ1v) is 8.79. The van der Waals surface area contributed by atoms with Gasteiger partial charge in [0, 0.05) is 28.8 Å². The molecule has 3 rings (SSSR count). The second kappa shape index (κ2) is 8.27. The quantitative estimate of drug-likeness (QED) is 0.618. The van der Waals surface area contributed by atoms with Gasteiger partial charge in [-0.1, -0.05) is 19.1 Å². The summed E-state index contributed by atoms with van der Waals surface area (Å²) in [4.78, 5) is 28.0. The highest BCUT2D eigenvalue weighted by Crippen LogP contribution is 2.18. The van der Waals surface area contributed by atoms with E-state index in [2.05, 4.69) is 22.5 Å². The smallest absolute Gasteiger partial charge is 0.274 e. The third kappa shape index (κ3) is 4.79. The third-order valence-corrected chi connectivity index (χ3v) is 4.19. The molecule has 3 aromatic rings. The number of hydrogen-bond donors (Lipinski definition) is 2. The first kappa shape index (κ1) is 18.3. The van der Waals surface area contributed by atoms with Crippen molar-refractivity contribution in [3.8, 4) is 0 Å². The van der Waals surface area contributed by atoms with Crippen LogP contribution in [0.1, 0.15) is 40.3 Å². The maximum atomic E-state index is 12.5. The Labute approximate surface area is 158 Å². The van der Waals surface area contributed by atoms with Gasteiger partial charge in [-0.25, -0.2) is 0 Å². The molecule has 1 heterocycles. The summed E-state index contributed by atoms with van der Waals surface area (Å²) in [6, 6.07) is 18.4. The van der Waals surface area contributed by atoms with Crippen molar-refractivity contribution < 1.29 is 9.59 Å². The molecular weight excluding hydrogens is 338 g/mol. The Morgan fingerprint density at radius 2 is 1.56 bits per heavy atom. The molecule has 0 saturated carbocycles. The van der Waals surface area contributed by atoms with Gasteiger partial charge >= 0.3 is 0 Å². The van der Waals surface area contributed by atoms with E-state index in [1.54, 1.807) is 30.5 Å². The van der Waals surface area contributed by atoms with E-state index in [1.165, 1.54) is 12.5 Å². The number of pyridine rings is 1. The molecular formula is C22H21N3O2. The lowest BCUT2D eigenvalue weighted by atomic mass is 10.1. The van der Waals surface area contributed by atoms with Crippen molar-refractivity contribution in [3.05, 3.63) is 83.7 Å². The number of hydrogen-bond acceptors (Lipinski definition) is 4. The van der Waals surface area contributed by atoms with E-state index >= 15 is 0 Å². The fourth-order valence-corrected chi connectivity index (χ4v) is 2.61. The molecule has 2 N–H and O–H groups in total. The molecule has 0 saturated heterocycles. The number of amides is 1. The van der Waals surface area contributed by atoms with Crippen LogP contribution in [0.3, 0.4) is 0 Å². The predicted octanol–water partition coefficient (Wildman–Crippen LogP) is 4.84. The summed E-state index contributed by atoms with van der Waals surface area (Å²) in [5.74, 6) is -0.244. The van der Waals surface area contributed by atoms with Crippen molar-refractivity contribution in [3.63, 3.8) is 0 Å². The number of anilines is 3. The van der Waals surface area contributed by atoms with Crippen LogP contribution in [0.15, 0.2) is 66.9 Å². The second-order valence-corrected chi connectivity index (χ2v) is 6.19. The Balaban J connectivity index is 1.70. The van der Waals surface area contributed by atoms with Crippen LogP contribution in [0.2, 0.25) is 0 Å². The number of nitrogens with one attached hydrogen (secondary N) is 2. The Bertz CT molecular complexity index is 948. The van der Waals surface area contributed by atoms with Crippen molar-refractivity contribution in [1.82, 2.24) is 4.98 Å². The zero-order valence-corrected chi connectivity index (χ0v) is 15.3. The monoisotopic (exact) mass is 359 g/mol. The van der Waals surface area contributed by atoms with E-state index in [0.717, 1.165) is 23.5 Å². The average Bonchev–Trinajstić information content (AvgIpc) is 2.69. The SMILES string of the molecule is CCc1ccc(NC(=O)c2cc(Nc3ccc(C(C)=O)cc3)ccn2)cc1. The number of aromatic nitrogens is 1. The standard InChI is InChI=1S/C22H21N3O2/c1-3-16-4-8-19(9-5-16)25-22(27)21-14-20(12-13-23-21)24-18-10-6-17(7-11-18)15(2)26/h4-14H,3H2,1-2H3,(H,23,24)(H,25,27). The van der Waals surface area contributed by atoms with Crippen LogP contribution in [0.25, 0.3) is 0 Å². The molecule has 5 nitrogen and oxygen atoms in total. The Morgan fingerprint density at radius 3 is 2.19 bits per heavy atom. The van der Waals surface area contributed by atoms with Crippen molar-refractivity contribution in [2.75, 3.05) is 10.6 Å². The predicted molar refractivity (Wildman–Crippen MR) is 108 cm³/mol. The summed E-state index contributed by atoms with van der Waals surface area (Å²) in [6.45, 7) is 3.62. The minimum absolute atomic E-state index is 0.0244. The number of aryl methyl sites for hydroxylation is 1. The number of benzene rings is 2. The van der Waals surface area contributed by atoms with Gasteiger partial charge in [-0.05, 0) is 67.4 Å². The Kier molecular flexibility index (Phi) is 5.61. The molecule has 0 aliphatic carbocycles. The van der Waals surface area contributed by atoms with Gasteiger partial charge in [0.15, 0.2) is 5.78 Å². The summed E-state index contributed by atoms with van der Waals surface area (Å²) >= 11 is 0. The molecule has 0 aliphatic heterocycles. The van der Waals surface area contributed by atoms with E-state index in [9.17, 15) is 9.59 Å². The fourth-order valence-electron chi connectivity index (χ4n) is 2.61. The van der Waals surface area contributed by atoms with Crippen molar-refractivity contribution in [2.24, 2.45) is 0 Å². The van der Waals surface area contributed by atoms with Crippen LogP contribution >= 0.6 is 0 Å². The van der Waals surface area contributed by atoms with Crippen LogP contribution in [-0.2, 0) is 6.42 Å². The average molecular weight is 359 g/mol. The van der Waals surface area contributed by atoms with Crippen LogP contribution in [0.5, 0.6) is 0 Å². The highest BCUT2D eigenvalue weighted by Gasteiger charge is 2.09. The molecule has 1 aromatic heterocycles. The van der Waals surface area contributed by atoms with Gasteiger partial charge in [0.25, 0.3) is 5.91 Å². The van der Waals surface area contributed by atoms with Crippen LogP contribution in [0, 0.1) is 0 Å². The van der Waals surface area contributed by atoms with Gasteiger partial charge in [-0.15, -0.1) is 0 Å². The van der Waals surface area contributed by atoms with Gasteiger partial charge in [0.1, 0.15) is 5.69 Å². The molecule has 0 fully saturated rings. The highest BCUT2D eigenvalue weighted by molar-refractivity contribution is 6.03. The number of nitrogens with zero attached hydrogens (tertiary/aromatic N) is 1. The van der Waals surface area contributed by atoms with E-state index in [-0.39, 0.29) is 11.7 Å². The van der Waals surface area contributed by atoms with Crippen LogP contribution in [0.4, 0.5) is 17.1 Å². The maximum absolute atomic E-state index is 12.5. The minimum atomic E-state index is -0.269. The van der Waals surface area contributed by atoms with E-state index in [0.29, 0.717) is 11.3 Å². The van der Waals surface area contributed by atoms with Crippen molar-refractivity contribution >= 4 is 28.8 Å². The Hall–Kier alpha value is -3.47. The van der Waals surface area contributed by atoms with Gasteiger partial charge in [0.05, 0.1) is 0 Å². The molecule has 0 spiro atoms. The van der Waals surface area contributed by atoms with Gasteiger partial charge in [0.2, 0.25) is 0 Å². The summed E-state index contributed by atoms with van der Waals surface area (Å²) < 4.78 is 0. The van der Waals surface area contributed by atoms with Gasteiger partial charge < -0.3 is 10.6 Å². The molecule has 27 heavy (non-hydrogen) atoms. The lowest BCUT2D eigenvalue weighted by molar-refractivity contribution is 0.101. The van der Waals surface area contributed by atoms with Gasteiger partial charge in [-0.2, -0.15) is 0 Å². The molecule has 0 unspecified atom stereocenters. The summed E-state index contributed by atoms with van der Waals surface area (Å²) in [5.41, 5.74) is 4.49. The molecule has 1 amide bonds. The highest BCUT2D eigenvalue weighted by atomic mass is 16.2. The zero-order valence-electron chi connectivity index (χ0n) is 15.3. The van der Waals surface area contributed by atoms with E-state index in [1.807, 2.05) is 36.4 Å². The molecule has 0 radical (unpaired) electrons. The molecule has 136 valence electrons. The molecule has 2 aromatic carbocycles. The van der Waals surface area contributed by atoms with Crippen molar-refractivity contribution in [2.45, 2.75) is 20.3 Å². The third-order valence-electron chi connectivity index (χ3n) is 4.19. The molecule has 0 bridgehead atoms. The van der Waals surface area contributed by atoms with Crippen LogP contribution in [-0.4, -0.2) is 16.7 Å². The second-order valence-electron chi connectivity index (χ2n) is 6.19. The van der Waals surface area contributed by atoms with Gasteiger partial charge in [-0.3, -0.25) is 14.6 Å². The lowest BCUT2D eigenvalue weighted by Crippen LogP contribution is -2.13. The van der Waals surface area contributed by atoms with E-state index in [4.69, 9.17) is 0 Å². The first-order valence-electron chi connectivity index (χ1n) is 8.79. The van der Waals surface area contributed by atoms with E-state index < -0.39 is 0 Å². The number of ketones is 1. The number of rotatable bonds is 6. The summed E-state index contributed by atoms with van der Waals surface area (Å²) in [6.07, 6.45) is 2.54. The minimum Gasteiger partial charge on any atom is -0.355 e. The van der Waals surface area contributed by atoms with Crippen LogP contribution < -0.4 is 10.6 Å². The Morgan fingerprint density at radius 1 is 0.889 bits per heavy atom. The lowest BCUT2D eigenvalue weighted by Gasteiger charge is -2.09. The molecule has 5 heteroatoms. The normalized spacial score (nSPS) is 10.3. The number of carbonyl (C=O) groups is 2. The number of Topliss-reactive ketones (excluding diaryl/α,β-unsaturated/α-hetero) is 1. The topological polar surface area (TPSA) is 71.1 Å². The van der Waals surface area contributed by atoms with Crippen molar-refractivity contribution in [1.29, 1.82) is 0 Å².